The van der Waals surface area contributed by atoms with Gasteiger partial charge in [-0.05, 0) is 51.4 Å². The molecule has 1 fully saturated rings. The van der Waals surface area contributed by atoms with Crippen LogP contribution in [0.5, 0.6) is 0 Å². The van der Waals surface area contributed by atoms with E-state index in [0.29, 0.717) is 6.61 Å². The summed E-state index contributed by atoms with van der Waals surface area (Å²) in [6, 6.07) is 0. The lowest BCUT2D eigenvalue weighted by Gasteiger charge is -2.15. The maximum Gasteiger partial charge on any atom is 0.117 e. The summed E-state index contributed by atoms with van der Waals surface area (Å²) in [5.41, 5.74) is 1.09. The molecule has 1 saturated heterocycles. The molecule has 2 nitrogen and oxygen atoms in total. The summed E-state index contributed by atoms with van der Waals surface area (Å²) in [5.74, 6) is 0.803. The van der Waals surface area contributed by atoms with Crippen LogP contribution in [-0.2, 0) is 4.74 Å². The zero-order valence-corrected chi connectivity index (χ0v) is 10.3. The number of likely N-dealkylation sites (tertiary alicyclic amines) is 1. The van der Waals surface area contributed by atoms with E-state index in [2.05, 4.69) is 4.90 Å². The molecule has 16 heavy (non-hydrogen) atoms. The van der Waals surface area contributed by atoms with Gasteiger partial charge in [0.1, 0.15) is 19.0 Å². The lowest BCUT2D eigenvalue weighted by molar-refractivity contribution is 0.177. The van der Waals surface area contributed by atoms with Crippen molar-refractivity contribution in [2.24, 2.45) is 0 Å². The molecule has 1 aliphatic heterocycles. The fourth-order valence-electron chi connectivity index (χ4n) is 1.80. The highest BCUT2D eigenvalue weighted by atomic mass is 19.1. The molecule has 0 radical (unpaired) electrons. The Morgan fingerprint density at radius 1 is 1.31 bits per heavy atom. The molecule has 0 aromatic rings. The van der Waals surface area contributed by atoms with Crippen LogP contribution >= 0.6 is 0 Å². The molecule has 0 aromatic carbocycles. The number of alkyl halides is 1. The summed E-state index contributed by atoms with van der Waals surface area (Å²) in [6.07, 6.45) is 5.81. The van der Waals surface area contributed by atoms with Gasteiger partial charge < -0.3 is 4.74 Å². The SMILES string of the molecule is CC(C)=C(/C=C\CF)OCCN1CCCC1. The molecular formula is C13H22FNO. The van der Waals surface area contributed by atoms with E-state index in [-0.39, 0.29) is 0 Å². The first kappa shape index (κ1) is 13.2. The van der Waals surface area contributed by atoms with E-state index in [4.69, 9.17) is 4.74 Å². The van der Waals surface area contributed by atoms with Gasteiger partial charge in [-0.2, -0.15) is 0 Å². The van der Waals surface area contributed by atoms with Gasteiger partial charge in [-0.15, -0.1) is 0 Å². The first-order valence-corrected chi connectivity index (χ1v) is 5.99. The zero-order chi connectivity index (χ0) is 11.8. The molecule has 3 heteroatoms. The van der Waals surface area contributed by atoms with Crippen LogP contribution in [0, 0.1) is 0 Å². The molecule has 0 unspecified atom stereocenters. The Labute approximate surface area is 97.8 Å². The van der Waals surface area contributed by atoms with Gasteiger partial charge >= 0.3 is 0 Å². The van der Waals surface area contributed by atoms with Crippen molar-refractivity contribution in [1.29, 1.82) is 0 Å². The molecule has 0 aromatic heterocycles. The predicted molar refractivity (Wildman–Crippen MR) is 65.1 cm³/mol. The molecule has 1 aliphatic rings. The predicted octanol–water partition coefficient (Wildman–Crippen LogP) is 2.92. The molecule has 0 atom stereocenters. The maximum absolute atomic E-state index is 12.0. The molecule has 0 amide bonds. The van der Waals surface area contributed by atoms with Crippen LogP contribution in [0.3, 0.4) is 0 Å². The van der Waals surface area contributed by atoms with Crippen molar-refractivity contribution in [3.8, 4) is 0 Å². The topological polar surface area (TPSA) is 12.5 Å². The molecule has 0 N–H and O–H groups in total. The van der Waals surface area contributed by atoms with Crippen LogP contribution in [0.15, 0.2) is 23.5 Å². The lowest BCUT2D eigenvalue weighted by Crippen LogP contribution is -2.23. The highest BCUT2D eigenvalue weighted by molar-refractivity contribution is 5.17. The standard InChI is InChI=1S/C13H22FNO/c1-12(2)13(6-5-7-14)16-11-10-15-8-3-4-9-15/h5-6H,3-4,7-11H2,1-2H3/b6-5-. The van der Waals surface area contributed by atoms with E-state index in [1.807, 2.05) is 13.8 Å². The van der Waals surface area contributed by atoms with Gasteiger partial charge in [0, 0.05) is 6.54 Å². The van der Waals surface area contributed by atoms with Gasteiger partial charge in [0.2, 0.25) is 0 Å². The summed E-state index contributed by atoms with van der Waals surface area (Å²) in [6.45, 7) is 7.56. The monoisotopic (exact) mass is 227 g/mol. The quantitative estimate of drug-likeness (QED) is 0.511. The lowest BCUT2D eigenvalue weighted by atomic mass is 10.3. The van der Waals surface area contributed by atoms with Crippen molar-refractivity contribution in [2.75, 3.05) is 32.9 Å². The smallest absolute Gasteiger partial charge is 0.117 e. The minimum Gasteiger partial charge on any atom is -0.492 e. The third-order valence-corrected chi connectivity index (χ3v) is 2.71. The summed E-state index contributed by atoms with van der Waals surface area (Å²) < 4.78 is 17.7. The highest BCUT2D eigenvalue weighted by Gasteiger charge is 2.10. The molecule has 0 bridgehead atoms. The second-order valence-corrected chi connectivity index (χ2v) is 4.32. The van der Waals surface area contributed by atoms with Crippen LogP contribution in [0.2, 0.25) is 0 Å². The van der Waals surface area contributed by atoms with Crippen molar-refractivity contribution >= 4 is 0 Å². The van der Waals surface area contributed by atoms with Crippen LogP contribution in [0.1, 0.15) is 26.7 Å². The second-order valence-electron chi connectivity index (χ2n) is 4.32. The van der Waals surface area contributed by atoms with Gasteiger partial charge in [-0.3, -0.25) is 4.90 Å². The van der Waals surface area contributed by atoms with Crippen molar-refractivity contribution in [3.05, 3.63) is 23.5 Å². The summed E-state index contributed by atoms with van der Waals surface area (Å²) in [5, 5.41) is 0. The zero-order valence-electron chi connectivity index (χ0n) is 10.3. The van der Waals surface area contributed by atoms with Gasteiger partial charge in [-0.1, -0.05) is 6.08 Å². The summed E-state index contributed by atoms with van der Waals surface area (Å²) >= 11 is 0. The van der Waals surface area contributed by atoms with E-state index >= 15 is 0 Å². The summed E-state index contributed by atoms with van der Waals surface area (Å²) in [7, 11) is 0. The van der Waals surface area contributed by atoms with Crippen LogP contribution in [0.25, 0.3) is 0 Å². The Bertz CT molecular complexity index is 251. The highest BCUT2D eigenvalue weighted by Crippen LogP contribution is 2.10. The van der Waals surface area contributed by atoms with Gasteiger partial charge in [0.25, 0.3) is 0 Å². The maximum atomic E-state index is 12.0. The Balaban J connectivity index is 2.27. The minimum atomic E-state index is -0.438. The third kappa shape index (κ3) is 4.79. The number of halogens is 1. The number of hydrogen-bond donors (Lipinski definition) is 0. The Morgan fingerprint density at radius 3 is 2.56 bits per heavy atom. The molecular weight excluding hydrogens is 205 g/mol. The van der Waals surface area contributed by atoms with Crippen LogP contribution in [-0.4, -0.2) is 37.8 Å². The van der Waals surface area contributed by atoms with Crippen molar-refractivity contribution < 1.29 is 9.13 Å². The van der Waals surface area contributed by atoms with Crippen molar-refractivity contribution in [1.82, 2.24) is 4.90 Å². The molecule has 1 rings (SSSR count). The van der Waals surface area contributed by atoms with Crippen molar-refractivity contribution in [2.45, 2.75) is 26.7 Å². The molecule has 0 saturated carbocycles. The van der Waals surface area contributed by atoms with Crippen LogP contribution < -0.4 is 0 Å². The van der Waals surface area contributed by atoms with E-state index in [9.17, 15) is 4.39 Å². The average molecular weight is 227 g/mol. The number of allylic oxidation sites excluding steroid dienone is 3. The van der Waals surface area contributed by atoms with Crippen molar-refractivity contribution in [3.63, 3.8) is 0 Å². The molecule has 0 spiro atoms. The average Bonchev–Trinajstić information content (AvgIpc) is 2.75. The van der Waals surface area contributed by atoms with Gasteiger partial charge in [0.15, 0.2) is 0 Å². The van der Waals surface area contributed by atoms with E-state index in [1.165, 1.54) is 32.0 Å². The first-order valence-electron chi connectivity index (χ1n) is 5.99. The van der Waals surface area contributed by atoms with E-state index in [0.717, 1.165) is 17.9 Å². The molecule has 1 heterocycles. The number of ether oxygens (including phenoxy) is 1. The van der Waals surface area contributed by atoms with Gasteiger partial charge in [-0.25, -0.2) is 4.39 Å². The van der Waals surface area contributed by atoms with Gasteiger partial charge in [0.05, 0.1) is 0 Å². The normalized spacial score (nSPS) is 16.9. The fourth-order valence-corrected chi connectivity index (χ4v) is 1.80. The van der Waals surface area contributed by atoms with Crippen LogP contribution in [0.4, 0.5) is 4.39 Å². The number of hydrogen-bond acceptors (Lipinski definition) is 2. The third-order valence-electron chi connectivity index (χ3n) is 2.71. The number of rotatable bonds is 6. The Hall–Kier alpha value is -0.830. The Morgan fingerprint density at radius 2 is 2.00 bits per heavy atom. The minimum absolute atomic E-state index is 0.438. The Kier molecular flexibility index (Phi) is 6.16. The largest absolute Gasteiger partial charge is 0.492 e. The van der Waals surface area contributed by atoms with E-state index < -0.39 is 6.67 Å². The van der Waals surface area contributed by atoms with E-state index in [1.54, 1.807) is 6.08 Å². The first-order chi connectivity index (χ1) is 7.74. The molecule has 92 valence electrons. The second kappa shape index (κ2) is 7.44. The fraction of sp³-hybridized carbons (Fsp3) is 0.692. The summed E-state index contributed by atoms with van der Waals surface area (Å²) in [4.78, 5) is 2.40. The molecule has 0 aliphatic carbocycles. The number of nitrogens with zero attached hydrogens (tertiary/aromatic N) is 1.